The second kappa shape index (κ2) is 6.36. The summed E-state index contributed by atoms with van der Waals surface area (Å²) in [5.41, 5.74) is 3.51. The van der Waals surface area contributed by atoms with E-state index in [0.717, 1.165) is 16.6 Å². The molecule has 0 aliphatic heterocycles. The molecule has 0 aliphatic rings. The number of oxazole rings is 1. The van der Waals surface area contributed by atoms with Gasteiger partial charge in [-0.25, -0.2) is 0 Å². The van der Waals surface area contributed by atoms with Gasteiger partial charge in [0.25, 0.3) is 10.7 Å². The number of aliphatic hydroxyl groups excluding tert-OH is 1. The minimum absolute atomic E-state index is 0.137. The lowest BCUT2D eigenvalue weighted by molar-refractivity contribution is 0.0916. The van der Waals surface area contributed by atoms with Crippen molar-refractivity contribution in [2.24, 2.45) is 0 Å². The lowest BCUT2D eigenvalue weighted by Gasteiger charge is -2.14. The van der Waals surface area contributed by atoms with Gasteiger partial charge >= 0.3 is 0 Å². The molecule has 5 nitrogen and oxygen atoms in total. The summed E-state index contributed by atoms with van der Waals surface area (Å²) in [5, 5.41) is 12.9. The summed E-state index contributed by atoms with van der Waals surface area (Å²) in [6.07, 6.45) is -0.750. The number of fused-ring (bicyclic) bond motifs is 1. The van der Waals surface area contributed by atoms with Gasteiger partial charge in [-0.15, -0.1) is 0 Å². The molecule has 3 N–H and O–H groups in total. The van der Waals surface area contributed by atoms with Gasteiger partial charge in [0.05, 0.1) is 11.6 Å². The van der Waals surface area contributed by atoms with Crippen LogP contribution in [-0.4, -0.2) is 22.5 Å². The molecule has 0 spiro atoms. The van der Waals surface area contributed by atoms with Gasteiger partial charge in [0, 0.05) is 12.1 Å². The standard InChI is InChI=1S/C17H16N2O3S/c1-10-4-2-3-5-12(10)14(20)9-18-16(21)11-6-7-13-15(8-11)22-17(23)19-13/h2-8,14,20H,9H2,1H3,(H,18,21)(H,19,23). The minimum Gasteiger partial charge on any atom is -0.429 e. The molecule has 3 rings (SSSR count). The zero-order chi connectivity index (χ0) is 16.4. The van der Waals surface area contributed by atoms with Crippen LogP contribution in [0.5, 0.6) is 0 Å². The van der Waals surface area contributed by atoms with Crippen LogP contribution in [0.25, 0.3) is 11.1 Å². The Kier molecular flexibility index (Phi) is 4.27. The number of carbonyl (C=O) groups excluding carboxylic acids is 1. The first-order chi connectivity index (χ1) is 11.0. The fourth-order valence-corrected chi connectivity index (χ4v) is 2.65. The van der Waals surface area contributed by atoms with E-state index in [-0.39, 0.29) is 17.3 Å². The van der Waals surface area contributed by atoms with E-state index in [9.17, 15) is 9.90 Å². The van der Waals surface area contributed by atoms with Gasteiger partial charge in [-0.3, -0.25) is 4.79 Å². The largest absolute Gasteiger partial charge is 0.429 e. The zero-order valence-electron chi connectivity index (χ0n) is 12.5. The molecule has 23 heavy (non-hydrogen) atoms. The summed E-state index contributed by atoms with van der Waals surface area (Å²) in [6, 6.07) is 12.6. The van der Waals surface area contributed by atoms with Gasteiger partial charge in [-0.1, -0.05) is 24.3 Å². The van der Waals surface area contributed by atoms with E-state index in [4.69, 9.17) is 16.6 Å². The maximum atomic E-state index is 12.2. The van der Waals surface area contributed by atoms with E-state index in [1.807, 2.05) is 31.2 Å². The third-order valence-corrected chi connectivity index (χ3v) is 3.87. The number of amides is 1. The van der Waals surface area contributed by atoms with E-state index in [2.05, 4.69) is 10.3 Å². The monoisotopic (exact) mass is 328 g/mol. The van der Waals surface area contributed by atoms with Crippen LogP contribution in [0.2, 0.25) is 0 Å². The highest BCUT2D eigenvalue weighted by Gasteiger charge is 2.13. The number of aliphatic hydroxyl groups is 1. The molecule has 1 heterocycles. The number of aryl methyl sites for hydroxylation is 1. The van der Waals surface area contributed by atoms with Crippen molar-refractivity contribution < 1.29 is 14.3 Å². The van der Waals surface area contributed by atoms with Crippen LogP contribution in [-0.2, 0) is 0 Å². The van der Waals surface area contributed by atoms with E-state index < -0.39 is 6.10 Å². The van der Waals surface area contributed by atoms with Gasteiger partial charge in [0.2, 0.25) is 0 Å². The molecule has 1 unspecified atom stereocenters. The highest BCUT2D eigenvalue weighted by atomic mass is 32.1. The Bertz CT molecular complexity index is 913. The number of hydrogen-bond acceptors (Lipinski definition) is 4. The third kappa shape index (κ3) is 3.33. The van der Waals surface area contributed by atoms with Gasteiger partial charge in [-0.05, 0) is 48.5 Å². The van der Waals surface area contributed by atoms with Crippen LogP contribution in [0.4, 0.5) is 0 Å². The molecular formula is C17H16N2O3S. The number of carbonyl (C=O) groups is 1. The Morgan fingerprint density at radius 2 is 2.13 bits per heavy atom. The molecule has 1 atom stereocenters. The lowest BCUT2D eigenvalue weighted by atomic mass is 10.0. The Morgan fingerprint density at radius 3 is 2.91 bits per heavy atom. The fourth-order valence-electron chi connectivity index (χ4n) is 2.45. The highest BCUT2D eigenvalue weighted by Crippen LogP contribution is 2.18. The Balaban J connectivity index is 1.70. The maximum Gasteiger partial charge on any atom is 0.266 e. The number of hydrogen-bond donors (Lipinski definition) is 3. The Hall–Kier alpha value is -2.44. The lowest BCUT2D eigenvalue weighted by Crippen LogP contribution is -2.28. The van der Waals surface area contributed by atoms with Crippen LogP contribution in [0, 0.1) is 11.8 Å². The molecule has 0 saturated carbocycles. The van der Waals surface area contributed by atoms with Crippen molar-refractivity contribution in [3.63, 3.8) is 0 Å². The molecule has 0 saturated heterocycles. The first-order valence-electron chi connectivity index (χ1n) is 7.19. The van der Waals surface area contributed by atoms with Crippen molar-refractivity contribution in [3.05, 3.63) is 64.0 Å². The van der Waals surface area contributed by atoms with Crippen molar-refractivity contribution in [2.75, 3.05) is 6.54 Å². The third-order valence-electron chi connectivity index (χ3n) is 3.69. The predicted octanol–water partition coefficient (Wildman–Crippen LogP) is 3.26. The fraction of sp³-hybridized carbons (Fsp3) is 0.176. The second-order valence-corrected chi connectivity index (χ2v) is 5.68. The summed E-state index contributed by atoms with van der Waals surface area (Å²) in [6.45, 7) is 2.06. The summed E-state index contributed by atoms with van der Waals surface area (Å²) >= 11 is 4.92. The first kappa shape index (κ1) is 15.5. The van der Waals surface area contributed by atoms with Crippen LogP contribution >= 0.6 is 12.2 Å². The molecule has 3 aromatic rings. The van der Waals surface area contributed by atoms with Crippen molar-refractivity contribution >= 4 is 29.2 Å². The molecule has 1 aromatic heterocycles. The quantitative estimate of drug-likeness (QED) is 0.642. The molecule has 118 valence electrons. The molecule has 0 fully saturated rings. The Labute approximate surface area is 138 Å². The number of aromatic amines is 1. The number of rotatable bonds is 4. The van der Waals surface area contributed by atoms with Crippen molar-refractivity contribution in [1.82, 2.24) is 10.3 Å². The normalized spacial score (nSPS) is 12.3. The Morgan fingerprint density at radius 1 is 1.35 bits per heavy atom. The SMILES string of the molecule is Cc1ccccc1C(O)CNC(=O)c1ccc2[nH]c(=S)oc2c1. The van der Waals surface area contributed by atoms with Crippen LogP contribution in [0.15, 0.2) is 46.9 Å². The molecule has 1 amide bonds. The molecule has 0 aliphatic carbocycles. The summed E-state index contributed by atoms with van der Waals surface area (Å²) < 4.78 is 5.30. The van der Waals surface area contributed by atoms with Gasteiger partial charge in [-0.2, -0.15) is 0 Å². The van der Waals surface area contributed by atoms with Crippen molar-refractivity contribution in [1.29, 1.82) is 0 Å². The van der Waals surface area contributed by atoms with Crippen molar-refractivity contribution in [2.45, 2.75) is 13.0 Å². The van der Waals surface area contributed by atoms with Crippen LogP contribution in [0.1, 0.15) is 27.6 Å². The van der Waals surface area contributed by atoms with E-state index in [1.54, 1.807) is 18.2 Å². The number of aromatic nitrogens is 1. The van der Waals surface area contributed by atoms with Gasteiger partial charge < -0.3 is 19.8 Å². The molecule has 0 radical (unpaired) electrons. The minimum atomic E-state index is -0.750. The molecular weight excluding hydrogens is 312 g/mol. The smallest absolute Gasteiger partial charge is 0.266 e. The second-order valence-electron chi connectivity index (χ2n) is 5.31. The number of H-pyrrole nitrogens is 1. The maximum absolute atomic E-state index is 12.2. The molecule has 6 heteroatoms. The molecule has 2 aromatic carbocycles. The summed E-state index contributed by atoms with van der Waals surface area (Å²) in [5.74, 6) is -0.276. The van der Waals surface area contributed by atoms with Crippen LogP contribution < -0.4 is 5.32 Å². The average Bonchev–Trinajstić information content (AvgIpc) is 2.91. The van der Waals surface area contributed by atoms with Crippen LogP contribution in [0.3, 0.4) is 0 Å². The van der Waals surface area contributed by atoms with E-state index in [1.165, 1.54) is 0 Å². The zero-order valence-corrected chi connectivity index (χ0v) is 13.3. The average molecular weight is 328 g/mol. The topological polar surface area (TPSA) is 78.3 Å². The summed E-state index contributed by atoms with van der Waals surface area (Å²) in [7, 11) is 0. The van der Waals surface area contributed by atoms with Gasteiger partial charge in [0.15, 0.2) is 5.58 Å². The number of benzene rings is 2. The first-order valence-corrected chi connectivity index (χ1v) is 7.60. The van der Waals surface area contributed by atoms with E-state index in [0.29, 0.717) is 11.1 Å². The van der Waals surface area contributed by atoms with Crippen molar-refractivity contribution in [3.8, 4) is 0 Å². The molecule has 0 bridgehead atoms. The predicted molar refractivity (Wildman–Crippen MR) is 89.9 cm³/mol. The van der Waals surface area contributed by atoms with Gasteiger partial charge in [0.1, 0.15) is 0 Å². The summed E-state index contributed by atoms with van der Waals surface area (Å²) in [4.78, 5) is 15.4. The van der Waals surface area contributed by atoms with E-state index >= 15 is 0 Å². The highest BCUT2D eigenvalue weighted by molar-refractivity contribution is 7.71. The number of nitrogens with one attached hydrogen (secondary N) is 2.